The van der Waals surface area contributed by atoms with Crippen LogP contribution in [0.25, 0.3) is 10.2 Å². The van der Waals surface area contributed by atoms with Gasteiger partial charge in [-0.05, 0) is 63.5 Å². The van der Waals surface area contributed by atoms with Gasteiger partial charge in [0.25, 0.3) is 0 Å². The third-order valence-corrected chi connectivity index (χ3v) is 6.83. The third kappa shape index (κ3) is 4.82. The van der Waals surface area contributed by atoms with Crippen LogP contribution in [0.1, 0.15) is 31.2 Å². The van der Waals surface area contributed by atoms with Gasteiger partial charge in [-0.3, -0.25) is 9.69 Å². The first-order valence-electron chi connectivity index (χ1n) is 10.6. The Labute approximate surface area is 181 Å². The molecule has 1 saturated heterocycles. The molecule has 0 spiro atoms. The lowest BCUT2D eigenvalue weighted by Gasteiger charge is -2.39. The molecule has 1 aromatic heterocycles. The van der Waals surface area contributed by atoms with Crippen LogP contribution in [0.3, 0.4) is 0 Å². The molecular formula is C24H28N2O3S. The molecule has 0 aliphatic carbocycles. The summed E-state index contributed by atoms with van der Waals surface area (Å²) >= 11 is 1.75. The van der Waals surface area contributed by atoms with Crippen molar-refractivity contribution in [2.75, 3.05) is 26.3 Å². The lowest BCUT2D eigenvalue weighted by atomic mass is 9.76. The minimum absolute atomic E-state index is 0.0821. The zero-order chi connectivity index (χ0) is 20.8. The van der Waals surface area contributed by atoms with Crippen LogP contribution in [0.15, 0.2) is 54.6 Å². The molecule has 1 aliphatic rings. The topological polar surface area (TPSA) is 51.7 Å². The smallest absolute Gasteiger partial charge is 0.312 e. The standard InChI is InChI=1S/C24H28N2O3S/c1-2-28-23(27)24(14-17-29-19-8-4-3-5-9-19)12-15-26(16-13-24)18-22-25-20-10-6-7-11-21(20)30-22/h3-11H,2,12-18H2,1H3. The maximum absolute atomic E-state index is 12.8. The first-order chi connectivity index (χ1) is 14.7. The van der Waals surface area contributed by atoms with Crippen molar-refractivity contribution in [2.45, 2.75) is 32.7 Å². The van der Waals surface area contributed by atoms with E-state index in [9.17, 15) is 4.79 Å². The predicted molar refractivity (Wildman–Crippen MR) is 120 cm³/mol. The van der Waals surface area contributed by atoms with Gasteiger partial charge < -0.3 is 9.47 Å². The molecule has 1 aliphatic heterocycles. The summed E-state index contributed by atoms with van der Waals surface area (Å²) in [6.07, 6.45) is 2.25. The fraction of sp³-hybridized carbons (Fsp3) is 0.417. The number of thiazole rings is 1. The maximum atomic E-state index is 12.8. The van der Waals surface area contributed by atoms with Crippen LogP contribution in [0.2, 0.25) is 0 Å². The van der Waals surface area contributed by atoms with E-state index in [1.165, 1.54) is 4.70 Å². The number of benzene rings is 2. The summed E-state index contributed by atoms with van der Waals surface area (Å²) in [5.41, 5.74) is 0.600. The van der Waals surface area contributed by atoms with Crippen molar-refractivity contribution in [2.24, 2.45) is 5.41 Å². The molecule has 0 unspecified atom stereocenters. The average Bonchev–Trinajstić information content (AvgIpc) is 3.18. The molecule has 0 bridgehead atoms. The van der Waals surface area contributed by atoms with Gasteiger partial charge in [0.2, 0.25) is 0 Å². The Morgan fingerprint density at radius 1 is 1.10 bits per heavy atom. The van der Waals surface area contributed by atoms with Gasteiger partial charge in [0.05, 0.1) is 35.4 Å². The fourth-order valence-electron chi connectivity index (χ4n) is 4.04. The highest BCUT2D eigenvalue weighted by Gasteiger charge is 2.42. The van der Waals surface area contributed by atoms with Crippen molar-refractivity contribution in [1.82, 2.24) is 9.88 Å². The summed E-state index contributed by atoms with van der Waals surface area (Å²) in [5, 5.41) is 1.13. The van der Waals surface area contributed by atoms with Crippen LogP contribution in [0.5, 0.6) is 5.75 Å². The summed E-state index contributed by atoms with van der Waals surface area (Å²) in [7, 11) is 0. The number of para-hydroxylation sites is 2. The summed E-state index contributed by atoms with van der Waals surface area (Å²) in [5.74, 6) is 0.756. The molecule has 0 saturated carbocycles. The van der Waals surface area contributed by atoms with Gasteiger partial charge in [-0.25, -0.2) is 4.98 Å². The molecule has 158 valence electrons. The molecule has 0 radical (unpaired) electrons. The van der Waals surface area contributed by atoms with Crippen LogP contribution in [-0.2, 0) is 16.1 Å². The summed E-state index contributed by atoms with van der Waals surface area (Å²) in [4.78, 5) is 20.0. The molecule has 5 nitrogen and oxygen atoms in total. The van der Waals surface area contributed by atoms with Crippen LogP contribution < -0.4 is 4.74 Å². The molecule has 2 aromatic carbocycles. The van der Waals surface area contributed by atoms with Gasteiger partial charge in [0.15, 0.2) is 0 Å². The van der Waals surface area contributed by atoms with E-state index in [1.807, 2.05) is 43.3 Å². The Morgan fingerprint density at radius 3 is 2.57 bits per heavy atom. The summed E-state index contributed by atoms with van der Waals surface area (Å²) in [6, 6.07) is 18.0. The zero-order valence-electron chi connectivity index (χ0n) is 17.4. The Hall–Kier alpha value is -2.44. The number of esters is 1. The Morgan fingerprint density at radius 2 is 1.83 bits per heavy atom. The highest BCUT2D eigenvalue weighted by atomic mass is 32.1. The van der Waals surface area contributed by atoms with E-state index >= 15 is 0 Å². The van der Waals surface area contributed by atoms with E-state index < -0.39 is 5.41 Å². The molecule has 30 heavy (non-hydrogen) atoms. The minimum atomic E-state index is -0.463. The molecular weight excluding hydrogens is 396 g/mol. The maximum Gasteiger partial charge on any atom is 0.312 e. The second-order valence-corrected chi connectivity index (χ2v) is 8.88. The number of ether oxygens (including phenoxy) is 2. The van der Waals surface area contributed by atoms with Crippen LogP contribution in [0, 0.1) is 5.41 Å². The van der Waals surface area contributed by atoms with E-state index in [1.54, 1.807) is 11.3 Å². The van der Waals surface area contributed by atoms with Crippen LogP contribution in [-0.4, -0.2) is 42.2 Å². The number of piperidine rings is 1. The number of nitrogens with zero attached hydrogens (tertiary/aromatic N) is 2. The van der Waals surface area contributed by atoms with Gasteiger partial charge >= 0.3 is 5.97 Å². The second-order valence-electron chi connectivity index (χ2n) is 7.76. The van der Waals surface area contributed by atoms with Gasteiger partial charge in [-0.1, -0.05) is 30.3 Å². The number of likely N-dealkylation sites (tertiary alicyclic amines) is 1. The number of carbonyl (C=O) groups excluding carboxylic acids is 1. The molecule has 2 heterocycles. The molecule has 4 rings (SSSR count). The molecule has 0 atom stereocenters. The number of hydrogen-bond acceptors (Lipinski definition) is 6. The number of hydrogen-bond donors (Lipinski definition) is 0. The average molecular weight is 425 g/mol. The summed E-state index contributed by atoms with van der Waals surface area (Å²) in [6.45, 7) is 5.35. The van der Waals surface area contributed by atoms with Gasteiger partial charge in [0.1, 0.15) is 10.8 Å². The van der Waals surface area contributed by atoms with Gasteiger partial charge in [-0.15, -0.1) is 11.3 Å². The first kappa shape index (κ1) is 20.8. The van der Waals surface area contributed by atoms with E-state index in [2.05, 4.69) is 23.1 Å². The van der Waals surface area contributed by atoms with Crippen molar-refractivity contribution >= 4 is 27.5 Å². The largest absolute Gasteiger partial charge is 0.494 e. The lowest BCUT2D eigenvalue weighted by Crippen LogP contribution is -2.45. The van der Waals surface area contributed by atoms with Crippen molar-refractivity contribution in [3.8, 4) is 5.75 Å². The van der Waals surface area contributed by atoms with E-state index in [4.69, 9.17) is 14.5 Å². The van der Waals surface area contributed by atoms with Crippen molar-refractivity contribution < 1.29 is 14.3 Å². The minimum Gasteiger partial charge on any atom is -0.494 e. The molecule has 0 N–H and O–H groups in total. The van der Waals surface area contributed by atoms with Crippen LogP contribution >= 0.6 is 11.3 Å². The monoisotopic (exact) mass is 424 g/mol. The lowest BCUT2D eigenvalue weighted by molar-refractivity contribution is -0.159. The SMILES string of the molecule is CCOC(=O)C1(CCOc2ccccc2)CCN(Cc2nc3ccccc3s2)CC1. The van der Waals surface area contributed by atoms with Crippen LogP contribution in [0.4, 0.5) is 0 Å². The molecule has 1 fully saturated rings. The fourth-order valence-corrected chi connectivity index (χ4v) is 5.05. The third-order valence-electron chi connectivity index (χ3n) is 5.81. The number of rotatable bonds is 8. The molecule has 3 aromatic rings. The zero-order valence-corrected chi connectivity index (χ0v) is 18.2. The van der Waals surface area contributed by atoms with Crippen molar-refractivity contribution in [1.29, 1.82) is 0 Å². The number of fused-ring (bicyclic) bond motifs is 1. The Kier molecular flexibility index (Phi) is 6.65. The van der Waals surface area contributed by atoms with E-state index in [-0.39, 0.29) is 5.97 Å². The molecule has 6 heteroatoms. The second kappa shape index (κ2) is 9.58. The number of carbonyl (C=O) groups is 1. The predicted octanol–water partition coefficient (Wildman–Crippen LogP) is 4.91. The Balaban J connectivity index is 1.37. The summed E-state index contributed by atoms with van der Waals surface area (Å²) < 4.78 is 12.6. The quantitative estimate of drug-likeness (QED) is 0.481. The van der Waals surface area contributed by atoms with Crippen molar-refractivity contribution in [3.63, 3.8) is 0 Å². The van der Waals surface area contributed by atoms with E-state index in [0.29, 0.717) is 19.6 Å². The van der Waals surface area contributed by atoms with Gasteiger partial charge in [0, 0.05) is 0 Å². The number of aromatic nitrogens is 1. The first-order valence-corrected chi connectivity index (χ1v) is 11.4. The van der Waals surface area contributed by atoms with Crippen molar-refractivity contribution in [3.05, 3.63) is 59.6 Å². The highest BCUT2D eigenvalue weighted by Crippen LogP contribution is 2.37. The normalized spacial score (nSPS) is 16.4. The highest BCUT2D eigenvalue weighted by molar-refractivity contribution is 7.18. The Bertz CT molecular complexity index is 932. The molecule has 0 amide bonds. The van der Waals surface area contributed by atoms with E-state index in [0.717, 1.165) is 48.7 Å². The van der Waals surface area contributed by atoms with Gasteiger partial charge in [-0.2, -0.15) is 0 Å².